The zero-order valence-corrected chi connectivity index (χ0v) is 13.4. The molecule has 1 heterocycles. The van der Waals surface area contributed by atoms with E-state index in [9.17, 15) is 0 Å². The molecule has 0 saturated carbocycles. The van der Waals surface area contributed by atoms with Gasteiger partial charge in [-0.2, -0.15) is 0 Å². The third-order valence-electron chi connectivity index (χ3n) is 4.95. The van der Waals surface area contributed by atoms with E-state index in [-0.39, 0.29) is 0 Å². The highest BCUT2D eigenvalue weighted by Crippen LogP contribution is 2.25. The standard InChI is InChI=1S/C16H25NSi/c1-6-18(7-2,8-3)14-9-10-16-15(11-14)12(4)13(5)17-16/h9-11,17H,6-8H2,1-5H3. The summed E-state index contributed by atoms with van der Waals surface area (Å²) in [5.74, 6) is 0. The lowest BCUT2D eigenvalue weighted by molar-refractivity contribution is 1.20. The highest BCUT2D eigenvalue weighted by atomic mass is 28.3. The molecule has 2 rings (SSSR count). The molecule has 1 nitrogen and oxygen atoms in total. The van der Waals surface area contributed by atoms with Gasteiger partial charge in [0.25, 0.3) is 0 Å². The zero-order chi connectivity index (χ0) is 13.3. The van der Waals surface area contributed by atoms with E-state index < -0.39 is 8.07 Å². The van der Waals surface area contributed by atoms with Gasteiger partial charge >= 0.3 is 0 Å². The minimum atomic E-state index is -1.24. The van der Waals surface area contributed by atoms with Gasteiger partial charge in [0, 0.05) is 16.6 Å². The van der Waals surface area contributed by atoms with E-state index in [1.54, 1.807) is 5.19 Å². The molecule has 98 valence electrons. The average molecular weight is 259 g/mol. The molecule has 2 aromatic rings. The van der Waals surface area contributed by atoms with Crippen LogP contribution in [0.15, 0.2) is 18.2 Å². The molecule has 0 saturated heterocycles. The summed E-state index contributed by atoms with van der Waals surface area (Å²) in [4.78, 5) is 3.47. The van der Waals surface area contributed by atoms with Crippen LogP contribution in [0.25, 0.3) is 10.9 Å². The quantitative estimate of drug-likeness (QED) is 0.778. The summed E-state index contributed by atoms with van der Waals surface area (Å²) in [5.41, 5.74) is 4.01. The number of fused-ring (bicyclic) bond motifs is 1. The van der Waals surface area contributed by atoms with Crippen LogP contribution in [-0.4, -0.2) is 13.1 Å². The van der Waals surface area contributed by atoms with E-state index in [2.05, 4.69) is 57.8 Å². The first-order valence-corrected chi connectivity index (χ1v) is 9.79. The normalized spacial score (nSPS) is 12.3. The molecule has 0 amide bonds. The Morgan fingerprint density at radius 1 is 1.00 bits per heavy atom. The number of nitrogens with one attached hydrogen (secondary N) is 1. The van der Waals surface area contributed by atoms with Crippen molar-refractivity contribution in [3.63, 3.8) is 0 Å². The van der Waals surface area contributed by atoms with Crippen molar-refractivity contribution < 1.29 is 0 Å². The molecule has 0 aliphatic rings. The van der Waals surface area contributed by atoms with Crippen LogP contribution in [0, 0.1) is 13.8 Å². The maximum atomic E-state index is 3.47. The number of aromatic amines is 1. The maximum Gasteiger partial charge on any atom is 0.0859 e. The van der Waals surface area contributed by atoms with Gasteiger partial charge in [-0.1, -0.05) is 56.2 Å². The number of aryl methyl sites for hydroxylation is 2. The van der Waals surface area contributed by atoms with Gasteiger partial charge in [0.15, 0.2) is 0 Å². The topological polar surface area (TPSA) is 15.8 Å². The number of benzene rings is 1. The Kier molecular flexibility index (Phi) is 3.67. The van der Waals surface area contributed by atoms with Crippen molar-refractivity contribution in [1.82, 2.24) is 4.98 Å². The Bertz CT molecular complexity index is 541. The van der Waals surface area contributed by atoms with Crippen molar-refractivity contribution in [1.29, 1.82) is 0 Å². The first kappa shape index (κ1) is 13.4. The van der Waals surface area contributed by atoms with Gasteiger partial charge < -0.3 is 4.98 Å². The zero-order valence-electron chi connectivity index (χ0n) is 12.4. The third kappa shape index (κ3) is 1.93. The van der Waals surface area contributed by atoms with Crippen molar-refractivity contribution in [3.05, 3.63) is 29.5 Å². The van der Waals surface area contributed by atoms with Gasteiger partial charge in [-0.25, -0.2) is 0 Å². The summed E-state index contributed by atoms with van der Waals surface area (Å²) in [6, 6.07) is 11.2. The van der Waals surface area contributed by atoms with Crippen molar-refractivity contribution >= 4 is 24.2 Å². The second-order valence-electron chi connectivity index (χ2n) is 5.48. The molecule has 0 fully saturated rings. The second kappa shape index (κ2) is 4.92. The molecule has 0 atom stereocenters. The van der Waals surface area contributed by atoms with E-state index in [0.717, 1.165) is 0 Å². The Hall–Kier alpha value is -1.02. The van der Waals surface area contributed by atoms with E-state index in [1.165, 1.54) is 40.3 Å². The van der Waals surface area contributed by atoms with E-state index in [4.69, 9.17) is 0 Å². The lowest BCUT2D eigenvalue weighted by Crippen LogP contribution is -2.45. The van der Waals surface area contributed by atoms with Crippen LogP contribution < -0.4 is 5.19 Å². The summed E-state index contributed by atoms with van der Waals surface area (Å²) in [6.45, 7) is 11.5. The van der Waals surface area contributed by atoms with E-state index in [0.29, 0.717) is 0 Å². The Morgan fingerprint density at radius 3 is 2.17 bits per heavy atom. The SMILES string of the molecule is CC[Si](CC)(CC)c1ccc2[nH]c(C)c(C)c2c1. The second-order valence-corrected chi connectivity index (χ2v) is 10.7. The third-order valence-corrected chi connectivity index (χ3v) is 10.5. The van der Waals surface area contributed by atoms with Gasteiger partial charge in [0.1, 0.15) is 0 Å². The van der Waals surface area contributed by atoms with Crippen molar-refractivity contribution in [3.8, 4) is 0 Å². The van der Waals surface area contributed by atoms with Crippen molar-refractivity contribution in [2.24, 2.45) is 0 Å². The predicted molar refractivity (Wildman–Crippen MR) is 84.6 cm³/mol. The first-order valence-electron chi connectivity index (χ1n) is 7.17. The summed E-state index contributed by atoms with van der Waals surface area (Å²) in [6.07, 6.45) is 0. The highest BCUT2D eigenvalue weighted by molar-refractivity contribution is 6.91. The summed E-state index contributed by atoms with van der Waals surface area (Å²) < 4.78 is 0. The lowest BCUT2D eigenvalue weighted by atomic mass is 10.1. The van der Waals surface area contributed by atoms with Gasteiger partial charge in [-0.3, -0.25) is 0 Å². The molecule has 1 N–H and O–H groups in total. The molecule has 0 unspecified atom stereocenters. The predicted octanol–water partition coefficient (Wildman–Crippen LogP) is 4.50. The van der Waals surface area contributed by atoms with Crippen LogP contribution in [0.2, 0.25) is 18.1 Å². The number of aromatic nitrogens is 1. The molecular formula is C16H25NSi. The molecule has 0 radical (unpaired) electrons. The first-order chi connectivity index (χ1) is 8.57. The lowest BCUT2D eigenvalue weighted by Gasteiger charge is -2.28. The summed E-state index contributed by atoms with van der Waals surface area (Å²) >= 11 is 0. The fourth-order valence-corrected chi connectivity index (χ4v) is 6.77. The minimum Gasteiger partial charge on any atom is -0.358 e. The number of rotatable bonds is 4. The Balaban J connectivity index is 2.61. The molecule has 0 bridgehead atoms. The fraction of sp³-hybridized carbons (Fsp3) is 0.500. The van der Waals surface area contributed by atoms with Gasteiger partial charge in [0.2, 0.25) is 0 Å². The van der Waals surface area contributed by atoms with Crippen LogP contribution in [0.3, 0.4) is 0 Å². The van der Waals surface area contributed by atoms with Crippen LogP contribution in [0.4, 0.5) is 0 Å². The fourth-order valence-electron chi connectivity index (χ4n) is 3.15. The molecule has 1 aromatic heterocycles. The molecule has 0 aliphatic carbocycles. The summed E-state index contributed by atoms with van der Waals surface area (Å²) in [5, 5.41) is 3.07. The Morgan fingerprint density at radius 2 is 1.61 bits per heavy atom. The number of hydrogen-bond acceptors (Lipinski definition) is 0. The van der Waals surface area contributed by atoms with Gasteiger partial charge in [-0.05, 0) is 25.5 Å². The molecule has 2 heteroatoms. The number of hydrogen-bond donors (Lipinski definition) is 1. The van der Waals surface area contributed by atoms with Crippen LogP contribution in [0.1, 0.15) is 32.0 Å². The summed E-state index contributed by atoms with van der Waals surface area (Å²) in [7, 11) is -1.24. The highest BCUT2D eigenvalue weighted by Gasteiger charge is 2.29. The van der Waals surface area contributed by atoms with Gasteiger partial charge in [-0.15, -0.1) is 0 Å². The van der Waals surface area contributed by atoms with Crippen molar-refractivity contribution in [2.75, 3.05) is 0 Å². The molecule has 1 aromatic carbocycles. The van der Waals surface area contributed by atoms with Crippen LogP contribution >= 0.6 is 0 Å². The maximum absolute atomic E-state index is 3.47. The molecule has 18 heavy (non-hydrogen) atoms. The largest absolute Gasteiger partial charge is 0.358 e. The van der Waals surface area contributed by atoms with E-state index >= 15 is 0 Å². The Labute approximate surface area is 112 Å². The van der Waals surface area contributed by atoms with Gasteiger partial charge in [0.05, 0.1) is 8.07 Å². The molecule has 0 spiro atoms. The molecular weight excluding hydrogens is 234 g/mol. The van der Waals surface area contributed by atoms with Crippen LogP contribution in [-0.2, 0) is 0 Å². The smallest absolute Gasteiger partial charge is 0.0859 e. The number of H-pyrrole nitrogens is 1. The minimum absolute atomic E-state index is 1.24. The monoisotopic (exact) mass is 259 g/mol. The van der Waals surface area contributed by atoms with Crippen molar-refractivity contribution in [2.45, 2.75) is 52.8 Å². The molecule has 0 aliphatic heterocycles. The van der Waals surface area contributed by atoms with E-state index in [1.807, 2.05) is 0 Å². The average Bonchev–Trinajstić information content (AvgIpc) is 2.68. The van der Waals surface area contributed by atoms with Crippen LogP contribution in [0.5, 0.6) is 0 Å².